The normalized spacial score (nSPS) is 12.6. The van der Waals surface area contributed by atoms with Crippen LogP contribution in [0, 0.1) is 0 Å². The Morgan fingerprint density at radius 3 is 2.62 bits per heavy atom. The minimum absolute atomic E-state index is 0.0849. The maximum absolute atomic E-state index is 12.2. The highest BCUT2D eigenvalue weighted by Gasteiger charge is 2.26. The summed E-state index contributed by atoms with van der Waals surface area (Å²) in [5, 5.41) is 7.17. The van der Waals surface area contributed by atoms with Gasteiger partial charge in [-0.25, -0.2) is 13.1 Å². The Morgan fingerprint density at radius 1 is 1.17 bits per heavy atom. The number of nitrogens with zero attached hydrogens (tertiary/aromatic N) is 3. The van der Waals surface area contributed by atoms with Gasteiger partial charge in [-0.3, -0.25) is 0 Å². The van der Waals surface area contributed by atoms with Crippen LogP contribution < -0.4 is 4.72 Å². The number of hydrogen-bond donors (Lipinski definition) is 1. The van der Waals surface area contributed by atoms with Crippen molar-refractivity contribution in [3.05, 3.63) is 36.0 Å². The fourth-order valence-corrected chi connectivity index (χ4v) is 3.30. The first-order valence-corrected chi connectivity index (χ1v) is 8.58. The monoisotopic (exact) mass is 352 g/mol. The second kappa shape index (κ2) is 5.87. The number of sulfonamides is 1. The van der Waals surface area contributed by atoms with E-state index in [0.29, 0.717) is 18.0 Å². The van der Waals surface area contributed by atoms with Crippen LogP contribution in [0.15, 0.2) is 43.0 Å². The van der Waals surface area contributed by atoms with Gasteiger partial charge < -0.3 is 13.5 Å². The molecule has 0 unspecified atom stereocenters. The molecule has 128 valence electrons. The minimum atomic E-state index is -3.77. The van der Waals surface area contributed by atoms with Gasteiger partial charge in [0.1, 0.15) is 5.76 Å². The van der Waals surface area contributed by atoms with Crippen molar-refractivity contribution in [1.29, 1.82) is 0 Å². The van der Waals surface area contributed by atoms with Gasteiger partial charge >= 0.3 is 0 Å². The molecule has 0 bridgehead atoms. The van der Waals surface area contributed by atoms with Crippen LogP contribution in [-0.2, 0) is 16.4 Å². The summed E-state index contributed by atoms with van der Waals surface area (Å²) in [5.74, 6) is 1.21. The van der Waals surface area contributed by atoms with E-state index in [0.717, 1.165) is 0 Å². The second-order valence-corrected chi connectivity index (χ2v) is 7.76. The summed E-state index contributed by atoms with van der Waals surface area (Å²) in [6.45, 7) is 5.21. The fourth-order valence-electron chi connectivity index (χ4n) is 1.95. The fraction of sp³-hybridized carbons (Fsp3) is 0.357. The largest absolute Gasteiger partial charge is 0.438 e. The number of rotatable bonds is 5. The molecule has 3 aromatic heterocycles. The van der Waals surface area contributed by atoms with Gasteiger partial charge in [0, 0.05) is 11.6 Å². The molecule has 0 radical (unpaired) electrons. The highest BCUT2D eigenvalue weighted by atomic mass is 32.2. The van der Waals surface area contributed by atoms with Gasteiger partial charge in [-0.2, -0.15) is 4.98 Å². The van der Waals surface area contributed by atoms with Crippen molar-refractivity contribution in [2.24, 2.45) is 0 Å². The zero-order valence-electron chi connectivity index (χ0n) is 13.3. The third-order valence-electron chi connectivity index (χ3n) is 2.79. The van der Waals surface area contributed by atoms with E-state index in [1.54, 1.807) is 26.8 Å². The summed E-state index contributed by atoms with van der Waals surface area (Å²) in [6, 6.07) is 4.48. The van der Waals surface area contributed by atoms with E-state index in [-0.39, 0.29) is 16.7 Å². The molecule has 24 heavy (non-hydrogen) atoms. The van der Waals surface area contributed by atoms with Crippen LogP contribution in [0.1, 0.15) is 32.4 Å². The lowest BCUT2D eigenvalue weighted by Crippen LogP contribution is -2.40. The molecule has 3 heterocycles. The maximum atomic E-state index is 12.2. The maximum Gasteiger partial charge on any atom is 0.293 e. The van der Waals surface area contributed by atoms with Crippen LogP contribution in [0.25, 0.3) is 11.7 Å². The zero-order chi connectivity index (χ0) is 17.4. The standard InChI is InChI=1S/C14H16N4O5S/c1-14(2,3)18-24(19,20)12-5-4-10(21-12)13-16-11(17-23-13)8-9-6-7-15-22-9/h4-7,18H,8H2,1-3H3. The first kappa shape index (κ1) is 16.4. The molecule has 0 atom stereocenters. The summed E-state index contributed by atoms with van der Waals surface area (Å²) in [5.41, 5.74) is -0.624. The predicted molar refractivity (Wildman–Crippen MR) is 81.4 cm³/mol. The predicted octanol–water partition coefficient (Wildman–Crippen LogP) is 1.99. The van der Waals surface area contributed by atoms with Gasteiger partial charge in [-0.15, -0.1) is 0 Å². The lowest BCUT2D eigenvalue weighted by molar-refractivity contribution is 0.377. The number of aromatic nitrogens is 3. The third-order valence-corrected chi connectivity index (χ3v) is 4.42. The number of hydrogen-bond acceptors (Lipinski definition) is 8. The summed E-state index contributed by atoms with van der Waals surface area (Å²) in [6.07, 6.45) is 1.82. The van der Waals surface area contributed by atoms with E-state index >= 15 is 0 Å². The van der Waals surface area contributed by atoms with Gasteiger partial charge in [0.25, 0.3) is 15.9 Å². The van der Waals surface area contributed by atoms with Crippen LogP contribution in [-0.4, -0.2) is 29.3 Å². The topological polar surface area (TPSA) is 124 Å². The molecule has 10 heteroatoms. The van der Waals surface area contributed by atoms with Gasteiger partial charge in [-0.05, 0) is 32.9 Å². The number of nitrogens with one attached hydrogen (secondary N) is 1. The SMILES string of the molecule is CC(C)(C)NS(=O)(=O)c1ccc(-c2nc(Cc3ccno3)no2)o1. The van der Waals surface area contributed by atoms with E-state index in [4.69, 9.17) is 13.5 Å². The van der Waals surface area contributed by atoms with Crippen LogP contribution in [0.3, 0.4) is 0 Å². The zero-order valence-corrected chi connectivity index (χ0v) is 14.1. The molecule has 0 spiro atoms. The lowest BCUT2D eigenvalue weighted by Gasteiger charge is -2.18. The van der Waals surface area contributed by atoms with Crippen molar-refractivity contribution >= 4 is 10.0 Å². The van der Waals surface area contributed by atoms with Gasteiger partial charge in [0.05, 0.1) is 12.6 Å². The molecule has 1 N–H and O–H groups in total. The van der Waals surface area contributed by atoms with E-state index in [2.05, 4.69) is 20.0 Å². The van der Waals surface area contributed by atoms with E-state index in [9.17, 15) is 8.42 Å². The highest BCUT2D eigenvalue weighted by Crippen LogP contribution is 2.24. The van der Waals surface area contributed by atoms with Crippen molar-refractivity contribution in [3.8, 4) is 11.7 Å². The highest BCUT2D eigenvalue weighted by molar-refractivity contribution is 7.89. The Kier molecular flexibility index (Phi) is 4.01. The van der Waals surface area contributed by atoms with Gasteiger partial charge in [0.15, 0.2) is 11.6 Å². The molecular formula is C14H16N4O5S. The molecule has 0 aromatic carbocycles. The van der Waals surface area contributed by atoms with E-state index in [1.165, 1.54) is 18.3 Å². The smallest absolute Gasteiger partial charge is 0.293 e. The van der Waals surface area contributed by atoms with Crippen molar-refractivity contribution in [2.45, 2.75) is 37.8 Å². The first-order valence-electron chi connectivity index (χ1n) is 7.09. The van der Waals surface area contributed by atoms with Crippen molar-refractivity contribution in [3.63, 3.8) is 0 Å². The van der Waals surface area contributed by atoms with Crippen molar-refractivity contribution < 1.29 is 21.9 Å². The Hall–Kier alpha value is -2.46. The average Bonchev–Trinajstić information content (AvgIpc) is 3.17. The summed E-state index contributed by atoms with van der Waals surface area (Å²) < 4.78 is 42.3. The molecular weight excluding hydrogens is 336 g/mol. The average molecular weight is 352 g/mol. The van der Waals surface area contributed by atoms with Gasteiger partial charge in [-0.1, -0.05) is 10.3 Å². The van der Waals surface area contributed by atoms with Crippen LogP contribution >= 0.6 is 0 Å². The molecule has 0 amide bonds. The first-order chi connectivity index (χ1) is 11.2. The van der Waals surface area contributed by atoms with E-state index in [1.807, 2.05) is 0 Å². The lowest BCUT2D eigenvalue weighted by atomic mass is 10.1. The quantitative estimate of drug-likeness (QED) is 0.739. The molecule has 3 rings (SSSR count). The van der Waals surface area contributed by atoms with Gasteiger partial charge in [0.2, 0.25) is 5.09 Å². The molecule has 0 aliphatic rings. The molecule has 0 aliphatic carbocycles. The third kappa shape index (κ3) is 3.71. The Bertz CT molecular complexity index is 919. The summed E-state index contributed by atoms with van der Waals surface area (Å²) in [7, 11) is -3.77. The molecule has 9 nitrogen and oxygen atoms in total. The Morgan fingerprint density at radius 2 is 1.96 bits per heavy atom. The molecule has 0 saturated carbocycles. The molecule has 0 fully saturated rings. The van der Waals surface area contributed by atoms with E-state index < -0.39 is 15.6 Å². The molecule has 3 aromatic rings. The van der Waals surface area contributed by atoms with Crippen molar-refractivity contribution in [1.82, 2.24) is 20.0 Å². The van der Waals surface area contributed by atoms with Crippen LogP contribution in [0.5, 0.6) is 0 Å². The molecule has 0 aliphatic heterocycles. The Balaban J connectivity index is 1.80. The van der Waals surface area contributed by atoms with Crippen molar-refractivity contribution in [2.75, 3.05) is 0 Å². The summed E-state index contributed by atoms with van der Waals surface area (Å²) in [4.78, 5) is 4.15. The van der Waals surface area contributed by atoms with Crippen LogP contribution in [0.4, 0.5) is 0 Å². The second-order valence-electron chi connectivity index (χ2n) is 6.15. The summed E-state index contributed by atoms with van der Waals surface area (Å²) >= 11 is 0. The van der Waals surface area contributed by atoms with Crippen LogP contribution in [0.2, 0.25) is 0 Å². The Labute approximate surface area is 138 Å². The molecule has 0 saturated heterocycles. The number of furan rings is 1. The minimum Gasteiger partial charge on any atom is -0.438 e.